The van der Waals surface area contributed by atoms with Gasteiger partial charge < -0.3 is 30.0 Å². The standard InChI is InChI=1S/C39H38Cl2N6O6/c1-51-35-23(20-44-39(14-15-39)38(49)50)18-30(40)37(47-35)53-32-12-10-26-25(4-2-5-27(26)32)28-6-3-7-29(34(28)41)31-11-8-22(36(46-31)52-17-16-42)19-43-21-24-9-13-33(48)45-24/h2-8,11,18,24,32,43-44H,9-10,12-15,17,19-21H2,1H3,(H,45,48)(H,49,50)/t24-,32-/m0/s1. The van der Waals surface area contributed by atoms with Crippen LogP contribution in [0, 0.1) is 11.3 Å². The number of carboxylic acid groups (broad SMARTS) is 1. The summed E-state index contributed by atoms with van der Waals surface area (Å²) >= 11 is 13.8. The Labute approximate surface area is 316 Å². The summed E-state index contributed by atoms with van der Waals surface area (Å²) in [6.45, 7) is 1.16. The highest BCUT2D eigenvalue weighted by Gasteiger charge is 2.50. The van der Waals surface area contributed by atoms with Crippen molar-refractivity contribution in [3.05, 3.63) is 86.9 Å². The number of carboxylic acids is 1. The smallest absolute Gasteiger partial charge is 0.323 e. The SMILES string of the molecule is COc1nc(O[C@H]2CCc3c(-c4cccc(-c5ccc(CNC[C@@H]6CCC(=O)N6)c(OCC#N)n5)c4Cl)cccc32)c(Cl)cc1CNC1(C(=O)O)CC1. The first-order valence-electron chi connectivity index (χ1n) is 17.5. The van der Waals surface area contributed by atoms with Crippen molar-refractivity contribution in [2.45, 2.75) is 69.3 Å². The minimum atomic E-state index is -0.911. The van der Waals surface area contributed by atoms with Crippen molar-refractivity contribution in [3.63, 3.8) is 0 Å². The van der Waals surface area contributed by atoms with Crippen molar-refractivity contribution in [1.82, 2.24) is 25.9 Å². The average Bonchev–Trinajstić information content (AvgIpc) is 3.69. The van der Waals surface area contributed by atoms with E-state index in [1.165, 1.54) is 7.11 Å². The van der Waals surface area contributed by atoms with Gasteiger partial charge in [0.25, 0.3) is 0 Å². The molecule has 14 heteroatoms. The molecular weight excluding hydrogens is 719 g/mol. The van der Waals surface area contributed by atoms with Crippen molar-refractivity contribution >= 4 is 35.1 Å². The molecule has 2 aromatic carbocycles. The molecular formula is C39H38Cl2N6O6. The lowest BCUT2D eigenvalue weighted by molar-refractivity contribution is -0.140. The predicted molar refractivity (Wildman–Crippen MR) is 198 cm³/mol. The lowest BCUT2D eigenvalue weighted by Gasteiger charge is -2.19. The summed E-state index contributed by atoms with van der Waals surface area (Å²) in [6.07, 6.45) is 3.57. The molecule has 7 rings (SSSR count). The van der Waals surface area contributed by atoms with E-state index >= 15 is 0 Å². The van der Waals surface area contributed by atoms with Gasteiger partial charge in [-0.05, 0) is 60.9 Å². The molecule has 1 saturated heterocycles. The first-order chi connectivity index (χ1) is 25.7. The quantitative estimate of drug-likeness (QED) is 0.110. The van der Waals surface area contributed by atoms with Crippen LogP contribution in [-0.2, 0) is 29.1 Å². The minimum Gasteiger partial charge on any atom is -0.481 e. The van der Waals surface area contributed by atoms with E-state index in [0.717, 1.165) is 46.2 Å². The largest absolute Gasteiger partial charge is 0.481 e. The Morgan fingerprint density at radius 1 is 1.00 bits per heavy atom. The summed E-state index contributed by atoms with van der Waals surface area (Å²) in [5.74, 6) is 0.0814. The number of nitriles is 1. The van der Waals surface area contributed by atoms with Gasteiger partial charge in [-0.15, -0.1) is 0 Å². The van der Waals surface area contributed by atoms with E-state index in [9.17, 15) is 20.0 Å². The molecule has 1 aliphatic heterocycles. The zero-order valence-corrected chi connectivity index (χ0v) is 30.5. The predicted octanol–water partition coefficient (Wildman–Crippen LogP) is 6.17. The van der Waals surface area contributed by atoms with E-state index in [4.69, 9.17) is 42.4 Å². The molecule has 3 heterocycles. The number of hydrogen-bond donors (Lipinski definition) is 4. The van der Waals surface area contributed by atoms with Crippen molar-refractivity contribution in [2.75, 3.05) is 20.3 Å². The fraction of sp³-hybridized carbons (Fsp3) is 0.359. The van der Waals surface area contributed by atoms with Gasteiger partial charge in [0.1, 0.15) is 22.7 Å². The van der Waals surface area contributed by atoms with Gasteiger partial charge in [-0.3, -0.25) is 14.9 Å². The number of carbonyl (C=O) groups excluding carboxylic acids is 1. The molecule has 274 valence electrons. The number of methoxy groups -OCH3 is 1. The molecule has 4 aromatic rings. The van der Waals surface area contributed by atoms with Gasteiger partial charge in [-0.2, -0.15) is 10.2 Å². The molecule has 0 spiro atoms. The highest BCUT2D eigenvalue weighted by molar-refractivity contribution is 6.36. The summed E-state index contributed by atoms with van der Waals surface area (Å²) in [6, 6.07) is 19.5. The molecule has 1 amide bonds. The molecule has 2 aliphatic carbocycles. The molecule has 0 bridgehead atoms. The second-order valence-corrected chi connectivity index (χ2v) is 14.2. The van der Waals surface area contributed by atoms with E-state index in [1.54, 1.807) is 6.07 Å². The number of rotatable bonds is 15. The Bertz CT molecular complexity index is 2100. The molecule has 53 heavy (non-hydrogen) atoms. The van der Waals surface area contributed by atoms with Gasteiger partial charge >= 0.3 is 5.97 Å². The summed E-state index contributed by atoms with van der Waals surface area (Å²) in [4.78, 5) is 32.5. The highest BCUT2D eigenvalue weighted by Crippen LogP contribution is 2.45. The first kappa shape index (κ1) is 36.4. The number of fused-ring (bicyclic) bond motifs is 1. The molecule has 12 nitrogen and oxygen atoms in total. The third kappa shape index (κ3) is 7.75. The molecule has 0 unspecified atom stereocenters. The van der Waals surface area contributed by atoms with Crippen LogP contribution in [0.4, 0.5) is 0 Å². The minimum absolute atomic E-state index is 0.0653. The number of carbonyl (C=O) groups is 2. The normalized spacial score (nSPS) is 18.2. The Morgan fingerprint density at radius 3 is 2.53 bits per heavy atom. The van der Waals surface area contributed by atoms with Crippen molar-refractivity contribution < 1.29 is 28.9 Å². The van der Waals surface area contributed by atoms with E-state index in [0.29, 0.717) is 71.8 Å². The van der Waals surface area contributed by atoms with Gasteiger partial charge in [0.15, 0.2) is 6.61 Å². The third-order valence-corrected chi connectivity index (χ3v) is 10.7. The second-order valence-electron chi connectivity index (χ2n) is 13.4. The van der Waals surface area contributed by atoms with E-state index in [2.05, 4.69) is 20.9 Å². The Kier molecular flexibility index (Phi) is 10.7. The second kappa shape index (κ2) is 15.6. The number of hydrogen-bond acceptors (Lipinski definition) is 10. The molecule has 3 aliphatic rings. The summed E-state index contributed by atoms with van der Waals surface area (Å²) in [5.41, 5.74) is 5.77. The monoisotopic (exact) mass is 756 g/mol. The Hall–Kier alpha value is -4.93. The number of halogens is 2. The summed E-state index contributed by atoms with van der Waals surface area (Å²) in [7, 11) is 1.50. The maximum absolute atomic E-state index is 11.6. The van der Waals surface area contributed by atoms with Gasteiger partial charge in [0.05, 0.1) is 17.8 Å². The topological polar surface area (TPSA) is 168 Å². The zero-order valence-electron chi connectivity index (χ0n) is 29.0. The molecule has 2 fully saturated rings. The summed E-state index contributed by atoms with van der Waals surface area (Å²) in [5, 5.41) is 29.0. The van der Waals surface area contributed by atoms with Crippen LogP contribution in [0.3, 0.4) is 0 Å². The maximum atomic E-state index is 11.6. The number of ether oxygens (including phenoxy) is 3. The fourth-order valence-electron chi connectivity index (χ4n) is 6.99. The van der Waals surface area contributed by atoms with Crippen LogP contribution in [0.1, 0.15) is 60.5 Å². The van der Waals surface area contributed by atoms with Gasteiger partial charge in [0, 0.05) is 54.4 Å². The lowest BCUT2D eigenvalue weighted by atomic mass is 9.94. The van der Waals surface area contributed by atoms with Crippen LogP contribution >= 0.6 is 23.2 Å². The van der Waals surface area contributed by atoms with Crippen LogP contribution in [0.2, 0.25) is 10.0 Å². The van der Waals surface area contributed by atoms with Crippen LogP contribution in [-0.4, -0.2) is 58.8 Å². The average molecular weight is 758 g/mol. The van der Waals surface area contributed by atoms with Crippen LogP contribution in [0.15, 0.2) is 54.6 Å². The molecule has 2 atom stereocenters. The van der Waals surface area contributed by atoms with E-state index < -0.39 is 11.5 Å². The van der Waals surface area contributed by atoms with E-state index in [-0.39, 0.29) is 37.1 Å². The Morgan fingerprint density at radius 2 is 1.79 bits per heavy atom. The summed E-state index contributed by atoms with van der Waals surface area (Å²) < 4.78 is 17.7. The van der Waals surface area contributed by atoms with Gasteiger partial charge in [0.2, 0.25) is 23.5 Å². The number of amides is 1. The van der Waals surface area contributed by atoms with Gasteiger partial charge in [-0.1, -0.05) is 65.7 Å². The zero-order chi connectivity index (χ0) is 37.1. The first-order valence-corrected chi connectivity index (χ1v) is 18.2. The molecule has 0 radical (unpaired) electrons. The fourth-order valence-corrected chi connectivity index (χ4v) is 7.53. The number of pyridine rings is 2. The number of aromatic nitrogens is 2. The van der Waals surface area contributed by atoms with Crippen molar-refractivity contribution in [2.24, 2.45) is 0 Å². The van der Waals surface area contributed by atoms with Crippen LogP contribution < -0.4 is 30.2 Å². The molecule has 2 aromatic heterocycles. The van der Waals surface area contributed by atoms with Crippen molar-refractivity contribution in [3.8, 4) is 46.1 Å². The number of nitrogens with zero attached hydrogens (tertiary/aromatic N) is 3. The van der Waals surface area contributed by atoms with Crippen LogP contribution in [0.5, 0.6) is 17.6 Å². The highest BCUT2D eigenvalue weighted by atomic mass is 35.5. The number of aliphatic carboxylic acids is 1. The molecule has 4 N–H and O–H groups in total. The maximum Gasteiger partial charge on any atom is 0.323 e. The van der Waals surface area contributed by atoms with Crippen LogP contribution in [0.25, 0.3) is 22.4 Å². The number of benzene rings is 2. The van der Waals surface area contributed by atoms with E-state index in [1.807, 2.05) is 54.6 Å². The number of nitrogens with one attached hydrogen (secondary N) is 3. The van der Waals surface area contributed by atoms with Crippen molar-refractivity contribution in [1.29, 1.82) is 5.26 Å². The third-order valence-electron chi connectivity index (χ3n) is 9.99. The Balaban J connectivity index is 1.10. The van der Waals surface area contributed by atoms with Gasteiger partial charge in [-0.25, -0.2) is 4.98 Å². The molecule has 1 saturated carbocycles. The lowest BCUT2D eigenvalue weighted by Crippen LogP contribution is -2.38.